The van der Waals surface area contributed by atoms with Gasteiger partial charge in [0.15, 0.2) is 0 Å². The highest BCUT2D eigenvalue weighted by molar-refractivity contribution is 6.05. The third-order valence-corrected chi connectivity index (χ3v) is 5.88. The van der Waals surface area contributed by atoms with Crippen molar-refractivity contribution >= 4 is 16.9 Å². The van der Waals surface area contributed by atoms with Crippen molar-refractivity contribution in [1.29, 1.82) is 0 Å². The molecule has 2 aromatic rings. The Morgan fingerprint density at radius 3 is 2.64 bits per heavy atom. The Morgan fingerprint density at radius 2 is 1.80 bits per heavy atom. The van der Waals surface area contributed by atoms with Crippen molar-refractivity contribution in [2.75, 3.05) is 6.54 Å². The second kappa shape index (κ2) is 6.36. The van der Waals surface area contributed by atoms with Crippen molar-refractivity contribution in [3.05, 3.63) is 34.9 Å². The molecule has 1 aromatic heterocycles. The molecule has 1 saturated heterocycles. The van der Waals surface area contributed by atoms with Gasteiger partial charge >= 0.3 is 0 Å². The first-order chi connectivity index (χ1) is 12.0. The number of piperidine rings is 1. The van der Waals surface area contributed by atoms with Gasteiger partial charge in [-0.1, -0.05) is 12.8 Å². The number of halogens is 1. The summed E-state index contributed by atoms with van der Waals surface area (Å²) in [5, 5.41) is 0. The minimum absolute atomic E-state index is 0.0846. The molecule has 132 valence electrons. The van der Waals surface area contributed by atoms with Gasteiger partial charge in [0.25, 0.3) is 5.91 Å². The molecule has 0 N–H and O–H groups in total. The number of likely N-dealkylation sites (tertiary alicyclic amines) is 1. The number of hydrogen-bond donors (Lipinski definition) is 0. The molecule has 1 aliphatic carbocycles. The number of aromatic nitrogens is 2. The highest BCUT2D eigenvalue weighted by atomic mass is 19.1. The van der Waals surface area contributed by atoms with E-state index in [4.69, 9.17) is 0 Å². The highest BCUT2D eigenvalue weighted by Gasteiger charge is 2.36. The Morgan fingerprint density at radius 1 is 1.08 bits per heavy atom. The van der Waals surface area contributed by atoms with Crippen LogP contribution in [0.15, 0.2) is 12.1 Å². The number of amides is 1. The van der Waals surface area contributed by atoms with Gasteiger partial charge in [0.05, 0.1) is 22.5 Å². The molecule has 1 aliphatic heterocycles. The lowest BCUT2D eigenvalue weighted by Crippen LogP contribution is -2.49. The van der Waals surface area contributed by atoms with E-state index >= 15 is 0 Å². The molecule has 1 amide bonds. The SMILES string of the molecule is Cc1nc2cc(F)cc(C(=O)N3CCC[C@H]4CCCC[C@@H]43)c2nc1C. The molecule has 0 radical (unpaired) electrons. The lowest BCUT2D eigenvalue weighted by Gasteiger charge is -2.44. The number of aryl methyl sites for hydroxylation is 2. The van der Waals surface area contributed by atoms with Crippen molar-refractivity contribution in [2.24, 2.45) is 5.92 Å². The summed E-state index contributed by atoms with van der Waals surface area (Å²) in [6.07, 6.45) is 6.94. The number of fused-ring (bicyclic) bond motifs is 2. The summed E-state index contributed by atoms with van der Waals surface area (Å²) < 4.78 is 14.2. The van der Waals surface area contributed by atoms with Crippen LogP contribution in [0.1, 0.15) is 60.3 Å². The maximum absolute atomic E-state index is 14.2. The second-order valence-corrected chi connectivity index (χ2v) is 7.47. The van der Waals surface area contributed by atoms with E-state index in [0.717, 1.165) is 30.8 Å². The van der Waals surface area contributed by atoms with Crippen LogP contribution < -0.4 is 0 Å². The van der Waals surface area contributed by atoms with Crippen LogP contribution in [-0.4, -0.2) is 33.4 Å². The van der Waals surface area contributed by atoms with Crippen LogP contribution in [0.25, 0.3) is 11.0 Å². The van der Waals surface area contributed by atoms with Gasteiger partial charge < -0.3 is 4.90 Å². The molecule has 0 unspecified atom stereocenters. The first-order valence-electron chi connectivity index (χ1n) is 9.30. The van der Waals surface area contributed by atoms with E-state index in [1.165, 1.54) is 37.8 Å². The summed E-state index contributed by atoms with van der Waals surface area (Å²) in [7, 11) is 0. The Hall–Kier alpha value is -2.04. The van der Waals surface area contributed by atoms with Gasteiger partial charge in [0.2, 0.25) is 0 Å². The van der Waals surface area contributed by atoms with Crippen LogP contribution >= 0.6 is 0 Å². The average molecular weight is 341 g/mol. The maximum atomic E-state index is 14.2. The Balaban J connectivity index is 1.78. The number of hydrogen-bond acceptors (Lipinski definition) is 3. The van der Waals surface area contributed by atoms with E-state index in [9.17, 15) is 9.18 Å². The van der Waals surface area contributed by atoms with Crippen LogP contribution in [0.3, 0.4) is 0 Å². The minimum atomic E-state index is -0.425. The summed E-state index contributed by atoms with van der Waals surface area (Å²) in [5.41, 5.74) is 2.89. The van der Waals surface area contributed by atoms with Crippen molar-refractivity contribution in [3.8, 4) is 0 Å². The Labute approximate surface area is 147 Å². The fraction of sp³-hybridized carbons (Fsp3) is 0.550. The fourth-order valence-corrected chi connectivity index (χ4v) is 4.49. The maximum Gasteiger partial charge on any atom is 0.256 e. The van der Waals surface area contributed by atoms with Crippen LogP contribution in [0.2, 0.25) is 0 Å². The molecule has 4 rings (SSSR count). The molecule has 5 heteroatoms. The standard InChI is InChI=1S/C20H24FN3O/c1-12-13(2)23-19-16(10-15(21)11-17(19)22-12)20(25)24-9-5-7-14-6-3-4-8-18(14)24/h10-11,14,18H,3-9H2,1-2H3/t14-,18+/m1/s1. The van der Waals surface area contributed by atoms with E-state index in [1.54, 1.807) is 0 Å². The smallest absolute Gasteiger partial charge is 0.256 e. The molecule has 0 spiro atoms. The zero-order valence-corrected chi connectivity index (χ0v) is 14.9. The zero-order chi connectivity index (χ0) is 17.6. The van der Waals surface area contributed by atoms with E-state index in [-0.39, 0.29) is 5.91 Å². The fourth-order valence-electron chi connectivity index (χ4n) is 4.49. The van der Waals surface area contributed by atoms with Gasteiger partial charge in [-0.3, -0.25) is 4.79 Å². The molecule has 2 aliphatic rings. The quantitative estimate of drug-likeness (QED) is 0.782. The number of benzene rings is 1. The third kappa shape index (κ3) is 2.90. The number of rotatable bonds is 1. The van der Waals surface area contributed by atoms with Crippen molar-refractivity contribution in [1.82, 2.24) is 14.9 Å². The highest BCUT2D eigenvalue weighted by Crippen LogP contribution is 2.36. The summed E-state index contributed by atoms with van der Waals surface area (Å²) >= 11 is 0. The van der Waals surface area contributed by atoms with Gasteiger partial charge in [0.1, 0.15) is 11.3 Å². The van der Waals surface area contributed by atoms with Crippen LogP contribution in [-0.2, 0) is 0 Å². The molecule has 2 heterocycles. The number of nitrogens with zero attached hydrogens (tertiary/aromatic N) is 3. The normalized spacial score (nSPS) is 23.6. The van der Waals surface area contributed by atoms with Crippen LogP contribution in [0.5, 0.6) is 0 Å². The predicted molar refractivity (Wildman–Crippen MR) is 95.0 cm³/mol. The largest absolute Gasteiger partial charge is 0.335 e. The van der Waals surface area contributed by atoms with Crippen molar-refractivity contribution in [2.45, 2.75) is 58.4 Å². The van der Waals surface area contributed by atoms with Gasteiger partial charge in [-0.15, -0.1) is 0 Å². The lowest BCUT2D eigenvalue weighted by atomic mass is 9.78. The summed E-state index contributed by atoms with van der Waals surface area (Å²) in [4.78, 5) is 24.3. The summed E-state index contributed by atoms with van der Waals surface area (Å²) in [6.45, 7) is 4.49. The monoisotopic (exact) mass is 341 g/mol. The molecule has 1 saturated carbocycles. The van der Waals surface area contributed by atoms with E-state index in [0.29, 0.717) is 28.6 Å². The van der Waals surface area contributed by atoms with E-state index < -0.39 is 5.82 Å². The first kappa shape index (κ1) is 16.4. The van der Waals surface area contributed by atoms with E-state index in [1.807, 2.05) is 18.7 Å². The van der Waals surface area contributed by atoms with E-state index in [2.05, 4.69) is 9.97 Å². The second-order valence-electron chi connectivity index (χ2n) is 7.47. The molecular formula is C20H24FN3O. The Bertz CT molecular complexity index is 833. The minimum Gasteiger partial charge on any atom is -0.335 e. The molecule has 1 aromatic carbocycles. The van der Waals surface area contributed by atoms with Gasteiger partial charge in [0, 0.05) is 18.7 Å². The molecule has 0 bridgehead atoms. The van der Waals surface area contributed by atoms with Gasteiger partial charge in [-0.25, -0.2) is 14.4 Å². The Kier molecular flexibility index (Phi) is 4.18. The third-order valence-electron chi connectivity index (χ3n) is 5.88. The summed E-state index contributed by atoms with van der Waals surface area (Å²) in [5.74, 6) is 0.0885. The average Bonchev–Trinajstić information content (AvgIpc) is 2.61. The molecule has 4 nitrogen and oxygen atoms in total. The van der Waals surface area contributed by atoms with Crippen LogP contribution in [0.4, 0.5) is 4.39 Å². The molecule has 25 heavy (non-hydrogen) atoms. The zero-order valence-electron chi connectivity index (χ0n) is 14.9. The number of carbonyl (C=O) groups excluding carboxylic acids is 1. The molecule has 2 atom stereocenters. The number of carbonyl (C=O) groups is 1. The molecule has 2 fully saturated rings. The molecular weight excluding hydrogens is 317 g/mol. The lowest BCUT2D eigenvalue weighted by molar-refractivity contribution is 0.0392. The van der Waals surface area contributed by atoms with Crippen molar-refractivity contribution in [3.63, 3.8) is 0 Å². The topological polar surface area (TPSA) is 46.1 Å². The van der Waals surface area contributed by atoms with Gasteiger partial charge in [-0.05, 0) is 51.5 Å². The van der Waals surface area contributed by atoms with Crippen LogP contribution in [0, 0.1) is 25.6 Å². The predicted octanol–water partition coefficient (Wildman–Crippen LogP) is 4.18. The van der Waals surface area contributed by atoms with Crippen molar-refractivity contribution < 1.29 is 9.18 Å². The summed E-state index contributed by atoms with van der Waals surface area (Å²) in [6, 6.07) is 3.00. The van der Waals surface area contributed by atoms with Gasteiger partial charge in [-0.2, -0.15) is 0 Å². The first-order valence-corrected chi connectivity index (χ1v) is 9.30.